The zero-order valence-corrected chi connectivity index (χ0v) is 35.2. The van der Waals surface area contributed by atoms with Crippen LogP contribution in [0.5, 0.6) is 11.5 Å². The zero-order valence-electron chi connectivity index (χ0n) is 34.3. The lowest BCUT2D eigenvalue weighted by atomic mass is 9.84. The number of rotatable bonds is 21. The average Bonchev–Trinajstić information content (AvgIpc) is 3.35. The van der Waals surface area contributed by atoms with Gasteiger partial charge in [0, 0.05) is 60.2 Å². The van der Waals surface area contributed by atoms with Gasteiger partial charge in [-0.15, -0.1) is 10.2 Å². The summed E-state index contributed by atoms with van der Waals surface area (Å²) in [6.07, 6.45) is 4.05. The second-order valence-corrected chi connectivity index (χ2v) is 16.0. The van der Waals surface area contributed by atoms with E-state index in [0.29, 0.717) is 66.0 Å². The number of nitrogens with zero attached hydrogens (tertiary/aromatic N) is 7. The van der Waals surface area contributed by atoms with Crippen molar-refractivity contribution in [3.8, 4) is 17.6 Å². The number of likely N-dealkylation sites (N-methyl/N-ethyl adjacent to an activating group) is 1. The summed E-state index contributed by atoms with van der Waals surface area (Å²) in [5.41, 5.74) is 5.84. The van der Waals surface area contributed by atoms with Crippen LogP contribution in [0.1, 0.15) is 89.6 Å². The first-order valence-corrected chi connectivity index (χ1v) is 20.2. The lowest BCUT2D eigenvalue weighted by Gasteiger charge is -2.35. The molecule has 0 saturated carbocycles. The van der Waals surface area contributed by atoms with E-state index in [1.165, 1.54) is 0 Å². The maximum atomic E-state index is 12.8. The van der Waals surface area contributed by atoms with E-state index in [1.54, 1.807) is 50.6 Å². The first-order valence-electron chi connectivity index (χ1n) is 19.1. The number of unbranched alkanes of at least 4 members (excludes halogenated alkanes) is 3. The Balaban J connectivity index is 1.26. The van der Waals surface area contributed by atoms with Gasteiger partial charge in [-0.1, -0.05) is 33.3 Å². The number of nitriles is 1. The molecule has 0 radical (unpaired) electrons. The molecule has 4 rings (SSSR count). The Morgan fingerprint density at radius 1 is 0.857 bits per heavy atom. The number of hydrogen-bond acceptors (Lipinski definition) is 12. The molecule has 13 nitrogen and oxygen atoms in total. The van der Waals surface area contributed by atoms with Gasteiger partial charge in [-0.3, -0.25) is 4.79 Å². The SMILES string of the molecule is C=C1N(C)c2ccc(/N=N\c3cc(OC)c(/N=N\c4ccc(C(=O)NCCCCCCOP(OCCC#N)N(C(C)C)C(C)C)cc4)cc3OC)cc2C1(C)C. The smallest absolute Gasteiger partial charge is 0.259 e. The molecule has 14 heteroatoms. The molecule has 1 heterocycles. The van der Waals surface area contributed by atoms with Crippen molar-refractivity contribution in [2.45, 2.75) is 91.1 Å². The highest BCUT2D eigenvalue weighted by atomic mass is 31.2. The van der Waals surface area contributed by atoms with Crippen LogP contribution in [0.4, 0.5) is 28.4 Å². The van der Waals surface area contributed by atoms with Crippen LogP contribution in [-0.4, -0.2) is 63.7 Å². The van der Waals surface area contributed by atoms with Crippen molar-refractivity contribution < 1.29 is 23.3 Å². The van der Waals surface area contributed by atoms with E-state index in [4.69, 9.17) is 23.8 Å². The first kappa shape index (κ1) is 44.0. The lowest BCUT2D eigenvalue weighted by molar-refractivity contribution is 0.0952. The van der Waals surface area contributed by atoms with Crippen molar-refractivity contribution >= 4 is 42.9 Å². The number of carbonyl (C=O) groups is 1. The molecule has 1 unspecified atom stereocenters. The molecule has 1 aliphatic rings. The van der Waals surface area contributed by atoms with Gasteiger partial charge in [0.25, 0.3) is 14.4 Å². The Labute approximate surface area is 333 Å². The van der Waals surface area contributed by atoms with Gasteiger partial charge in [0.15, 0.2) is 0 Å². The molecule has 1 atom stereocenters. The molecule has 3 aromatic carbocycles. The van der Waals surface area contributed by atoms with Gasteiger partial charge in [-0.05, 0) is 88.6 Å². The van der Waals surface area contributed by atoms with Crippen molar-refractivity contribution in [3.05, 3.63) is 78.0 Å². The summed E-state index contributed by atoms with van der Waals surface area (Å²) in [7, 11) is 3.91. The number of methoxy groups -OCH3 is 2. The number of anilines is 1. The highest BCUT2D eigenvalue weighted by Crippen LogP contribution is 2.48. The van der Waals surface area contributed by atoms with E-state index in [9.17, 15) is 4.79 Å². The Morgan fingerprint density at radius 2 is 1.43 bits per heavy atom. The Kier molecular flexibility index (Phi) is 16.5. The molecule has 56 heavy (non-hydrogen) atoms. The fraction of sp³-hybridized carbons (Fsp3) is 0.476. The van der Waals surface area contributed by atoms with Gasteiger partial charge in [-0.25, -0.2) is 4.67 Å². The second kappa shape index (κ2) is 21.0. The first-order chi connectivity index (χ1) is 26.8. The van der Waals surface area contributed by atoms with Gasteiger partial charge in [0.1, 0.15) is 22.9 Å². The molecular weight excluding hydrogens is 727 g/mol. The minimum atomic E-state index is -1.22. The zero-order chi connectivity index (χ0) is 40.8. The molecule has 300 valence electrons. The van der Waals surface area contributed by atoms with Crippen LogP contribution < -0.4 is 19.7 Å². The maximum Gasteiger partial charge on any atom is 0.259 e. The average molecular weight is 785 g/mol. The predicted molar refractivity (Wildman–Crippen MR) is 223 cm³/mol. The number of allylic oxidation sites excluding steroid dienone is 1. The number of hydrogen-bond donors (Lipinski definition) is 1. The number of carbonyl (C=O) groups excluding carboxylic acids is 1. The van der Waals surface area contributed by atoms with Crippen LogP contribution in [0.2, 0.25) is 0 Å². The molecule has 0 saturated heterocycles. The number of fused-ring (bicyclic) bond motifs is 1. The van der Waals surface area contributed by atoms with E-state index in [2.05, 4.69) is 89.5 Å². The maximum absolute atomic E-state index is 12.8. The number of amides is 1. The number of benzene rings is 3. The number of nitrogens with one attached hydrogen (secondary N) is 1. The summed E-state index contributed by atoms with van der Waals surface area (Å²) < 4.78 is 25.6. The molecule has 0 spiro atoms. The highest BCUT2D eigenvalue weighted by molar-refractivity contribution is 7.44. The second-order valence-electron chi connectivity index (χ2n) is 14.5. The third kappa shape index (κ3) is 11.4. The van der Waals surface area contributed by atoms with Crippen LogP contribution in [0.25, 0.3) is 0 Å². The van der Waals surface area contributed by atoms with E-state index in [-0.39, 0.29) is 23.4 Å². The van der Waals surface area contributed by atoms with Crippen LogP contribution in [0.15, 0.2) is 87.3 Å². The van der Waals surface area contributed by atoms with E-state index >= 15 is 0 Å². The Bertz CT molecular complexity index is 1880. The number of azo groups is 2. The standard InChI is InChI=1S/C42H57N8O5P/c1-29(2)50(30(3)4)56(55-25-15-22-43)54-24-14-12-11-13-23-44-41(51)32-16-18-33(19-17-32)45-47-36-27-40(53-10)37(28-39(36)52-9)48-46-34-20-21-38-35(26-34)42(6,7)31(5)49(38)8/h16-21,26-30H,5,11-15,23-25H2,1-4,6-10H3,(H,44,51)/b47-45-,48-46-. The summed E-state index contributed by atoms with van der Waals surface area (Å²) in [6, 6.07) is 19.0. The van der Waals surface area contributed by atoms with Gasteiger partial charge in [-0.2, -0.15) is 15.5 Å². The van der Waals surface area contributed by atoms with Gasteiger partial charge >= 0.3 is 0 Å². The van der Waals surface area contributed by atoms with E-state index < -0.39 is 8.53 Å². The van der Waals surface area contributed by atoms with Crippen LogP contribution >= 0.6 is 8.53 Å². The van der Waals surface area contributed by atoms with Crippen molar-refractivity contribution in [2.24, 2.45) is 20.5 Å². The molecule has 1 N–H and O–H groups in total. The van der Waals surface area contributed by atoms with Crippen molar-refractivity contribution in [3.63, 3.8) is 0 Å². The fourth-order valence-electron chi connectivity index (χ4n) is 6.36. The summed E-state index contributed by atoms with van der Waals surface area (Å²) in [5.74, 6) is 0.775. The van der Waals surface area contributed by atoms with Gasteiger partial charge < -0.3 is 28.7 Å². The van der Waals surface area contributed by atoms with Gasteiger partial charge in [0.2, 0.25) is 0 Å². The third-order valence-corrected chi connectivity index (χ3v) is 11.6. The van der Waals surface area contributed by atoms with Crippen molar-refractivity contribution in [2.75, 3.05) is 45.9 Å². The van der Waals surface area contributed by atoms with Gasteiger partial charge in [0.05, 0.1) is 51.3 Å². The van der Waals surface area contributed by atoms with E-state index in [0.717, 1.165) is 42.6 Å². The summed E-state index contributed by atoms with van der Waals surface area (Å²) >= 11 is 0. The molecule has 0 fully saturated rings. The molecule has 0 aromatic heterocycles. The molecule has 0 aliphatic carbocycles. The highest BCUT2D eigenvalue weighted by Gasteiger charge is 2.37. The van der Waals surface area contributed by atoms with Crippen molar-refractivity contribution in [1.82, 2.24) is 9.99 Å². The summed E-state index contributed by atoms with van der Waals surface area (Å²) in [4.78, 5) is 14.9. The lowest BCUT2D eigenvalue weighted by Crippen LogP contribution is -2.33. The molecule has 3 aromatic rings. The minimum absolute atomic E-state index is 0.142. The molecular formula is C42H57N8O5P. The largest absolute Gasteiger partial charge is 0.494 e. The topological polar surface area (TPSA) is 146 Å². The minimum Gasteiger partial charge on any atom is -0.494 e. The monoisotopic (exact) mass is 784 g/mol. The fourth-order valence-corrected chi connectivity index (χ4v) is 7.99. The Hall–Kier alpha value is -4.73. The molecule has 1 aliphatic heterocycles. The van der Waals surface area contributed by atoms with Crippen LogP contribution in [0.3, 0.4) is 0 Å². The van der Waals surface area contributed by atoms with Crippen molar-refractivity contribution in [1.29, 1.82) is 5.26 Å². The summed E-state index contributed by atoms with van der Waals surface area (Å²) in [5, 5.41) is 29.7. The van der Waals surface area contributed by atoms with Crippen LogP contribution in [0, 0.1) is 11.3 Å². The third-order valence-electron chi connectivity index (χ3n) is 9.52. The summed E-state index contributed by atoms with van der Waals surface area (Å²) in [6.45, 7) is 18.6. The Morgan fingerprint density at radius 3 is 2.02 bits per heavy atom. The number of ether oxygens (including phenoxy) is 2. The molecule has 1 amide bonds. The molecule has 0 bridgehead atoms. The normalized spacial score (nSPS) is 14.3. The van der Waals surface area contributed by atoms with Crippen LogP contribution in [-0.2, 0) is 14.5 Å². The quantitative estimate of drug-likeness (QED) is 0.0638. The van der Waals surface area contributed by atoms with E-state index in [1.807, 2.05) is 25.2 Å². The predicted octanol–water partition coefficient (Wildman–Crippen LogP) is 11.4.